The van der Waals surface area contributed by atoms with Crippen molar-refractivity contribution in [1.29, 1.82) is 0 Å². The first-order valence-corrected chi connectivity index (χ1v) is 10.3. The van der Waals surface area contributed by atoms with Crippen LogP contribution < -0.4 is 16.1 Å². The van der Waals surface area contributed by atoms with E-state index in [1.165, 1.54) is 12.3 Å². The Morgan fingerprint density at radius 2 is 1.87 bits per heavy atom. The molecule has 6 nitrogen and oxygen atoms in total. The largest absolute Gasteiger partial charge is 0.353 e. The second-order valence-corrected chi connectivity index (χ2v) is 7.81. The molecule has 3 N–H and O–H groups in total. The minimum atomic E-state index is -0.838. The highest BCUT2D eigenvalue weighted by molar-refractivity contribution is 6.35. The van der Waals surface area contributed by atoms with Crippen molar-refractivity contribution >= 4 is 41.0 Å². The molecule has 2 aromatic rings. The van der Waals surface area contributed by atoms with E-state index in [0.717, 1.165) is 25.7 Å². The maximum absolute atomic E-state index is 13.9. The molecule has 30 heavy (non-hydrogen) atoms. The van der Waals surface area contributed by atoms with Crippen LogP contribution in [0.25, 0.3) is 0 Å². The van der Waals surface area contributed by atoms with Crippen LogP contribution in [0.5, 0.6) is 0 Å². The number of benzene rings is 2. The van der Waals surface area contributed by atoms with Crippen molar-refractivity contribution in [3.63, 3.8) is 0 Å². The highest BCUT2D eigenvalue weighted by Crippen LogP contribution is 2.25. The number of halogens is 2. The third-order valence-corrected chi connectivity index (χ3v) is 5.40. The zero-order valence-electron chi connectivity index (χ0n) is 16.6. The second-order valence-electron chi connectivity index (χ2n) is 7.38. The summed E-state index contributed by atoms with van der Waals surface area (Å²) in [4.78, 5) is 24.2. The number of hydrogen-bond acceptors (Lipinski definition) is 4. The van der Waals surface area contributed by atoms with E-state index >= 15 is 0 Å². The number of rotatable bonds is 5. The molecule has 8 heteroatoms. The van der Waals surface area contributed by atoms with E-state index in [2.05, 4.69) is 28.1 Å². The summed E-state index contributed by atoms with van der Waals surface area (Å²) in [5.74, 6) is -1.61. The van der Waals surface area contributed by atoms with Crippen molar-refractivity contribution in [3.8, 4) is 0 Å². The van der Waals surface area contributed by atoms with E-state index in [-0.39, 0.29) is 6.04 Å². The number of carbonyl (C=O) groups excluding carboxylic acids is 2. The maximum atomic E-state index is 13.9. The first-order valence-electron chi connectivity index (χ1n) is 9.89. The molecule has 1 aliphatic rings. The van der Waals surface area contributed by atoms with Gasteiger partial charge in [-0.25, -0.2) is 9.82 Å². The maximum Gasteiger partial charge on any atom is 0.329 e. The Bertz CT molecular complexity index is 950. The van der Waals surface area contributed by atoms with Crippen LogP contribution in [-0.4, -0.2) is 24.1 Å². The van der Waals surface area contributed by atoms with E-state index in [4.69, 9.17) is 11.6 Å². The van der Waals surface area contributed by atoms with E-state index < -0.39 is 17.6 Å². The van der Waals surface area contributed by atoms with Crippen LogP contribution in [0.1, 0.15) is 38.2 Å². The van der Waals surface area contributed by atoms with Gasteiger partial charge in [-0.3, -0.25) is 9.59 Å². The lowest BCUT2D eigenvalue weighted by Crippen LogP contribution is -2.46. The predicted molar refractivity (Wildman–Crippen MR) is 116 cm³/mol. The summed E-state index contributed by atoms with van der Waals surface area (Å²) < 4.78 is 13.9. The molecular formula is C22H24ClFN4O2. The predicted octanol–water partition coefficient (Wildman–Crippen LogP) is 4.37. The molecule has 158 valence electrons. The van der Waals surface area contributed by atoms with E-state index in [1.54, 1.807) is 36.4 Å². The van der Waals surface area contributed by atoms with Gasteiger partial charge in [0.1, 0.15) is 5.82 Å². The lowest BCUT2D eigenvalue weighted by atomic mass is 9.86. The first kappa shape index (κ1) is 21.8. The molecule has 0 bridgehead atoms. The fourth-order valence-electron chi connectivity index (χ4n) is 3.44. The zero-order valence-corrected chi connectivity index (χ0v) is 17.4. The van der Waals surface area contributed by atoms with Crippen molar-refractivity contribution in [1.82, 2.24) is 10.7 Å². The molecule has 0 unspecified atom stereocenters. The summed E-state index contributed by atoms with van der Waals surface area (Å²) in [6.45, 7) is 2.07. The number of hydrazone groups is 1. The molecule has 0 aliphatic heterocycles. The number of carbonyl (C=O) groups is 2. The Morgan fingerprint density at radius 1 is 1.10 bits per heavy atom. The van der Waals surface area contributed by atoms with Crippen molar-refractivity contribution in [2.75, 3.05) is 5.32 Å². The molecule has 1 aliphatic carbocycles. The summed E-state index contributed by atoms with van der Waals surface area (Å²) in [6.07, 6.45) is 5.45. The van der Waals surface area contributed by atoms with Crippen LogP contribution in [0.15, 0.2) is 47.6 Å². The lowest BCUT2D eigenvalue weighted by molar-refractivity contribution is -0.139. The third-order valence-electron chi connectivity index (χ3n) is 5.16. The Morgan fingerprint density at radius 3 is 2.63 bits per heavy atom. The molecule has 1 fully saturated rings. The van der Waals surface area contributed by atoms with Crippen LogP contribution in [-0.2, 0) is 9.59 Å². The summed E-state index contributed by atoms with van der Waals surface area (Å²) in [7, 11) is 0. The van der Waals surface area contributed by atoms with Gasteiger partial charge in [0.05, 0.1) is 11.9 Å². The number of nitrogens with one attached hydrogen (secondary N) is 3. The number of para-hydroxylation sites is 1. The molecule has 0 spiro atoms. The van der Waals surface area contributed by atoms with Gasteiger partial charge in [0.2, 0.25) is 0 Å². The van der Waals surface area contributed by atoms with Gasteiger partial charge in [0, 0.05) is 22.3 Å². The highest BCUT2D eigenvalue weighted by atomic mass is 35.5. The molecule has 0 saturated heterocycles. The van der Waals surface area contributed by atoms with Crippen LogP contribution >= 0.6 is 11.6 Å². The van der Waals surface area contributed by atoms with E-state index in [9.17, 15) is 14.0 Å². The van der Waals surface area contributed by atoms with Gasteiger partial charge in [0.15, 0.2) is 0 Å². The number of amides is 2. The van der Waals surface area contributed by atoms with Gasteiger partial charge in [0.25, 0.3) is 0 Å². The van der Waals surface area contributed by atoms with Gasteiger partial charge < -0.3 is 10.6 Å². The van der Waals surface area contributed by atoms with E-state index in [1.807, 2.05) is 0 Å². The Kier molecular flexibility index (Phi) is 7.41. The van der Waals surface area contributed by atoms with Gasteiger partial charge in [-0.05, 0) is 49.1 Å². The van der Waals surface area contributed by atoms with Crippen molar-refractivity contribution in [2.24, 2.45) is 11.0 Å². The summed E-state index contributed by atoms with van der Waals surface area (Å²) in [5, 5.41) is 10.1. The van der Waals surface area contributed by atoms with Crippen molar-refractivity contribution < 1.29 is 14.0 Å². The monoisotopic (exact) mass is 430 g/mol. The molecule has 0 radical (unpaired) electrons. The fourth-order valence-corrected chi connectivity index (χ4v) is 3.62. The van der Waals surface area contributed by atoms with Gasteiger partial charge in [-0.2, -0.15) is 5.10 Å². The first-order chi connectivity index (χ1) is 14.4. The number of hydrogen-bond donors (Lipinski definition) is 3. The van der Waals surface area contributed by atoms with Crippen LogP contribution in [0.2, 0.25) is 5.02 Å². The van der Waals surface area contributed by atoms with Crippen LogP contribution in [0, 0.1) is 11.7 Å². The number of anilines is 2. The summed E-state index contributed by atoms with van der Waals surface area (Å²) >= 11 is 6.05. The average molecular weight is 431 g/mol. The topological polar surface area (TPSA) is 82.6 Å². The van der Waals surface area contributed by atoms with Crippen LogP contribution in [0.4, 0.5) is 15.8 Å². The molecule has 3 rings (SSSR count). The minimum absolute atomic E-state index is 0.00508. The minimum Gasteiger partial charge on any atom is -0.353 e. The fraction of sp³-hybridized carbons (Fsp3) is 0.318. The molecule has 2 aromatic carbocycles. The Hall–Kier alpha value is -2.93. The molecule has 0 aromatic heterocycles. The molecule has 0 heterocycles. The SMILES string of the molecule is C[C@H]1CCCC[C@@H]1NC(=O)C(=O)N/N=C\c1cc(Cl)ccc1Nc1ccccc1F. The van der Waals surface area contributed by atoms with Crippen molar-refractivity contribution in [3.05, 3.63) is 58.9 Å². The average Bonchev–Trinajstić information content (AvgIpc) is 2.73. The quantitative estimate of drug-likeness (QED) is 0.374. The lowest BCUT2D eigenvalue weighted by Gasteiger charge is -2.29. The van der Waals surface area contributed by atoms with Gasteiger partial charge in [-0.1, -0.05) is 43.5 Å². The summed E-state index contributed by atoms with van der Waals surface area (Å²) in [6, 6.07) is 11.2. The van der Waals surface area contributed by atoms with Gasteiger partial charge >= 0.3 is 11.8 Å². The standard InChI is InChI=1S/C22H24ClFN4O2/c1-14-6-2-4-8-18(14)27-21(29)22(30)28-25-13-15-12-16(23)10-11-19(15)26-20-9-5-3-7-17(20)24/h3,5,7,9-14,18,26H,2,4,6,8H2,1H3,(H,27,29)(H,28,30)/b25-13-/t14-,18-/m0/s1. The highest BCUT2D eigenvalue weighted by Gasteiger charge is 2.25. The van der Waals surface area contributed by atoms with Gasteiger partial charge in [-0.15, -0.1) is 0 Å². The number of nitrogens with zero attached hydrogens (tertiary/aromatic N) is 1. The normalized spacial score (nSPS) is 18.8. The van der Waals surface area contributed by atoms with E-state index in [0.29, 0.717) is 27.9 Å². The summed E-state index contributed by atoms with van der Waals surface area (Å²) in [5.41, 5.74) is 3.59. The molecule has 2 amide bonds. The molecular weight excluding hydrogens is 407 g/mol. The smallest absolute Gasteiger partial charge is 0.329 e. The third kappa shape index (κ3) is 5.79. The molecule has 2 atom stereocenters. The second kappa shape index (κ2) is 10.2. The van der Waals surface area contributed by atoms with Crippen molar-refractivity contribution in [2.45, 2.75) is 38.6 Å². The molecule has 1 saturated carbocycles. The zero-order chi connectivity index (χ0) is 21.5. The van der Waals surface area contributed by atoms with Crippen LogP contribution in [0.3, 0.4) is 0 Å². The Labute approximate surface area is 179 Å². The Balaban J connectivity index is 1.64.